The lowest BCUT2D eigenvalue weighted by molar-refractivity contribution is -0.383. The SMILES string of the molecule is COc1ccc(C(C)(C)C)cc1NC(=S)Nc1ccccc1[N+](=O)[O-]. The maximum atomic E-state index is 11.1. The highest BCUT2D eigenvalue weighted by molar-refractivity contribution is 7.80. The molecule has 0 aromatic heterocycles. The maximum absolute atomic E-state index is 11.1. The number of nitro groups is 1. The van der Waals surface area contributed by atoms with Crippen molar-refractivity contribution < 1.29 is 9.66 Å². The number of nitrogens with zero attached hydrogens (tertiary/aromatic N) is 1. The molecule has 0 aliphatic heterocycles. The third-order valence-electron chi connectivity index (χ3n) is 3.66. The number of nitrogens with one attached hydrogen (secondary N) is 2. The Hall–Kier alpha value is -2.67. The van der Waals surface area contributed by atoms with Gasteiger partial charge in [0.1, 0.15) is 11.4 Å². The predicted molar refractivity (Wildman–Crippen MR) is 105 cm³/mol. The molecule has 25 heavy (non-hydrogen) atoms. The molecular weight excluding hydrogens is 338 g/mol. The Balaban J connectivity index is 2.25. The van der Waals surface area contributed by atoms with Gasteiger partial charge in [0.25, 0.3) is 5.69 Å². The average Bonchev–Trinajstić information content (AvgIpc) is 2.54. The van der Waals surface area contributed by atoms with Crippen LogP contribution in [0.3, 0.4) is 0 Å². The Kier molecular flexibility index (Phi) is 5.58. The Morgan fingerprint density at radius 1 is 1.12 bits per heavy atom. The molecule has 7 heteroatoms. The zero-order chi connectivity index (χ0) is 18.6. The lowest BCUT2D eigenvalue weighted by Crippen LogP contribution is -2.21. The molecule has 2 N–H and O–H groups in total. The Morgan fingerprint density at radius 2 is 1.76 bits per heavy atom. The van der Waals surface area contributed by atoms with Gasteiger partial charge in [0, 0.05) is 6.07 Å². The monoisotopic (exact) mass is 359 g/mol. The quantitative estimate of drug-likeness (QED) is 0.468. The van der Waals surface area contributed by atoms with E-state index in [9.17, 15) is 10.1 Å². The molecule has 2 aromatic carbocycles. The summed E-state index contributed by atoms with van der Waals surface area (Å²) in [4.78, 5) is 10.6. The van der Waals surface area contributed by atoms with Gasteiger partial charge in [0.05, 0.1) is 17.7 Å². The van der Waals surface area contributed by atoms with Crippen molar-refractivity contribution in [2.45, 2.75) is 26.2 Å². The first-order valence-electron chi connectivity index (χ1n) is 7.72. The third kappa shape index (κ3) is 4.67. The lowest BCUT2D eigenvalue weighted by atomic mass is 9.87. The van der Waals surface area contributed by atoms with E-state index < -0.39 is 4.92 Å². The molecule has 132 valence electrons. The first-order chi connectivity index (χ1) is 11.7. The summed E-state index contributed by atoms with van der Waals surface area (Å²) in [5.74, 6) is 0.639. The number of hydrogen-bond acceptors (Lipinski definition) is 4. The minimum atomic E-state index is -0.453. The standard InChI is InChI=1S/C18H21N3O3S/c1-18(2,3)12-9-10-16(24-4)14(11-12)20-17(25)19-13-7-5-6-8-15(13)21(22)23/h5-11H,1-4H3,(H2,19,20,25). The number of benzene rings is 2. The molecule has 0 atom stereocenters. The Bertz CT molecular complexity index is 800. The van der Waals surface area contributed by atoms with Crippen LogP contribution in [0.4, 0.5) is 17.1 Å². The van der Waals surface area contributed by atoms with Gasteiger partial charge >= 0.3 is 0 Å². The molecule has 0 amide bonds. The molecule has 0 aliphatic carbocycles. The topological polar surface area (TPSA) is 76.4 Å². The van der Waals surface area contributed by atoms with E-state index in [1.165, 1.54) is 6.07 Å². The Labute approximate surface area is 152 Å². The molecule has 6 nitrogen and oxygen atoms in total. The van der Waals surface area contributed by atoms with Crippen molar-refractivity contribution in [2.75, 3.05) is 17.7 Å². The normalized spacial score (nSPS) is 10.9. The van der Waals surface area contributed by atoms with Crippen molar-refractivity contribution in [3.8, 4) is 5.75 Å². The second kappa shape index (κ2) is 7.48. The number of methoxy groups -OCH3 is 1. The zero-order valence-corrected chi connectivity index (χ0v) is 15.4. The summed E-state index contributed by atoms with van der Waals surface area (Å²) in [5.41, 5.74) is 2.07. The van der Waals surface area contributed by atoms with E-state index in [-0.39, 0.29) is 16.2 Å². The second-order valence-corrected chi connectivity index (χ2v) is 6.93. The van der Waals surface area contributed by atoms with Crippen LogP contribution in [0, 0.1) is 10.1 Å². The summed E-state index contributed by atoms with van der Waals surface area (Å²) >= 11 is 5.31. The first-order valence-corrected chi connectivity index (χ1v) is 8.13. The van der Waals surface area contributed by atoms with Crippen LogP contribution in [0.5, 0.6) is 5.75 Å². The van der Waals surface area contributed by atoms with Crippen LogP contribution in [0.2, 0.25) is 0 Å². The number of thiocarbonyl (C=S) groups is 1. The van der Waals surface area contributed by atoms with Gasteiger partial charge in [-0.05, 0) is 41.4 Å². The highest BCUT2D eigenvalue weighted by atomic mass is 32.1. The molecule has 2 aromatic rings. The molecule has 0 fully saturated rings. The van der Waals surface area contributed by atoms with Crippen molar-refractivity contribution in [1.82, 2.24) is 0 Å². The van der Waals surface area contributed by atoms with Gasteiger partial charge < -0.3 is 15.4 Å². The predicted octanol–water partition coefficient (Wildman–Crippen LogP) is 4.71. The van der Waals surface area contributed by atoms with Gasteiger partial charge in [-0.25, -0.2) is 0 Å². The molecule has 0 saturated carbocycles. The van der Waals surface area contributed by atoms with Gasteiger partial charge in [-0.2, -0.15) is 0 Å². The van der Waals surface area contributed by atoms with Gasteiger partial charge in [0.15, 0.2) is 5.11 Å². The van der Waals surface area contributed by atoms with E-state index in [0.29, 0.717) is 17.1 Å². The summed E-state index contributed by atoms with van der Waals surface area (Å²) in [7, 11) is 1.58. The highest BCUT2D eigenvalue weighted by Crippen LogP contribution is 2.32. The van der Waals surface area contributed by atoms with Crippen molar-refractivity contribution in [3.05, 3.63) is 58.1 Å². The van der Waals surface area contributed by atoms with E-state index >= 15 is 0 Å². The molecule has 0 unspecified atom stereocenters. The fourth-order valence-electron chi connectivity index (χ4n) is 2.29. The van der Waals surface area contributed by atoms with E-state index in [4.69, 9.17) is 17.0 Å². The lowest BCUT2D eigenvalue weighted by Gasteiger charge is -2.21. The Morgan fingerprint density at radius 3 is 2.36 bits per heavy atom. The zero-order valence-electron chi connectivity index (χ0n) is 14.6. The van der Waals surface area contributed by atoms with Crippen molar-refractivity contribution in [3.63, 3.8) is 0 Å². The van der Waals surface area contributed by atoms with E-state index in [1.54, 1.807) is 25.3 Å². The number of ether oxygens (including phenoxy) is 1. The van der Waals surface area contributed by atoms with Crippen molar-refractivity contribution in [1.29, 1.82) is 0 Å². The van der Waals surface area contributed by atoms with Crippen LogP contribution in [0.25, 0.3) is 0 Å². The fraction of sp³-hybridized carbons (Fsp3) is 0.278. The highest BCUT2D eigenvalue weighted by Gasteiger charge is 2.17. The minimum absolute atomic E-state index is 0.0318. The average molecular weight is 359 g/mol. The number of hydrogen-bond donors (Lipinski definition) is 2. The van der Waals surface area contributed by atoms with Gasteiger partial charge in [0.2, 0.25) is 0 Å². The number of anilines is 2. The molecule has 0 saturated heterocycles. The van der Waals surface area contributed by atoms with E-state index in [1.807, 2.05) is 18.2 Å². The number of para-hydroxylation sites is 2. The summed E-state index contributed by atoms with van der Waals surface area (Å²) in [5, 5.41) is 17.3. The van der Waals surface area contributed by atoms with Crippen LogP contribution in [0.15, 0.2) is 42.5 Å². The van der Waals surface area contributed by atoms with E-state index in [0.717, 1.165) is 5.56 Å². The van der Waals surface area contributed by atoms with Crippen LogP contribution in [0.1, 0.15) is 26.3 Å². The summed E-state index contributed by atoms with van der Waals surface area (Å²) in [6.07, 6.45) is 0. The van der Waals surface area contributed by atoms with Gasteiger partial charge in [-0.15, -0.1) is 0 Å². The third-order valence-corrected chi connectivity index (χ3v) is 3.87. The number of rotatable bonds is 4. The smallest absolute Gasteiger partial charge is 0.292 e. The first kappa shape index (κ1) is 18.7. The van der Waals surface area contributed by atoms with Gasteiger partial charge in [-0.3, -0.25) is 10.1 Å². The van der Waals surface area contributed by atoms with Gasteiger partial charge in [-0.1, -0.05) is 39.0 Å². The molecular formula is C18H21N3O3S. The largest absolute Gasteiger partial charge is 0.495 e. The second-order valence-electron chi connectivity index (χ2n) is 6.52. The minimum Gasteiger partial charge on any atom is -0.495 e. The van der Waals surface area contributed by atoms with Crippen molar-refractivity contribution >= 4 is 34.4 Å². The molecule has 0 radical (unpaired) electrons. The maximum Gasteiger partial charge on any atom is 0.292 e. The molecule has 0 spiro atoms. The molecule has 0 heterocycles. The van der Waals surface area contributed by atoms with Crippen molar-refractivity contribution in [2.24, 2.45) is 0 Å². The number of nitro benzene ring substituents is 1. The van der Waals surface area contributed by atoms with E-state index in [2.05, 4.69) is 31.4 Å². The van der Waals surface area contributed by atoms with Crippen LogP contribution in [-0.2, 0) is 5.41 Å². The molecule has 0 aliphatic rings. The summed E-state index contributed by atoms with van der Waals surface area (Å²) < 4.78 is 5.37. The van der Waals surface area contributed by atoms with Crippen LogP contribution < -0.4 is 15.4 Å². The van der Waals surface area contributed by atoms with Crippen LogP contribution >= 0.6 is 12.2 Å². The summed E-state index contributed by atoms with van der Waals surface area (Å²) in [6.45, 7) is 6.34. The molecule has 0 bridgehead atoms. The molecule has 2 rings (SSSR count). The fourth-order valence-corrected chi connectivity index (χ4v) is 2.51. The van der Waals surface area contributed by atoms with Crippen LogP contribution in [-0.4, -0.2) is 17.1 Å². The summed E-state index contributed by atoms with van der Waals surface area (Å²) in [6, 6.07) is 12.2.